The second-order valence-corrected chi connectivity index (χ2v) is 8.62. The van der Waals surface area contributed by atoms with Crippen LogP contribution in [0.4, 0.5) is 5.69 Å². The number of rotatable bonds is 5. The summed E-state index contributed by atoms with van der Waals surface area (Å²) in [6.45, 7) is 3.57. The fourth-order valence-electron chi connectivity index (χ4n) is 4.59. The molecule has 7 heteroatoms. The van der Waals surface area contributed by atoms with Crippen molar-refractivity contribution in [3.63, 3.8) is 0 Å². The number of hydrogen-bond acceptors (Lipinski definition) is 5. The number of likely N-dealkylation sites (tertiary alicyclic amines) is 1. The third-order valence-corrected chi connectivity index (χ3v) is 6.38. The smallest absolute Gasteiger partial charge is 0.280 e. The molecule has 2 aliphatic rings. The van der Waals surface area contributed by atoms with Crippen LogP contribution in [0.1, 0.15) is 34.5 Å². The first-order valence-corrected chi connectivity index (χ1v) is 10.9. The van der Waals surface area contributed by atoms with Gasteiger partial charge in [0.25, 0.3) is 5.91 Å². The molecule has 7 nitrogen and oxygen atoms in total. The number of benzene rings is 2. The van der Waals surface area contributed by atoms with Crippen molar-refractivity contribution >= 4 is 11.6 Å². The Kier molecular flexibility index (Phi) is 5.29. The molecular weight excluding hydrogens is 390 g/mol. The van der Waals surface area contributed by atoms with Gasteiger partial charge in [0.1, 0.15) is 0 Å². The molecule has 2 aliphatic heterocycles. The molecule has 31 heavy (non-hydrogen) atoms. The van der Waals surface area contributed by atoms with Gasteiger partial charge < -0.3 is 10.0 Å². The minimum absolute atomic E-state index is 0.138. The molecule has 0 unspecified atom stereocenters. The zero-order valence-corrected chi connectivity index (χ0v) is 17.5. The molecule has 0 aliphatic carbocycles. The lowest BCUT2D eigenvalue weighted by atomic mass is 9.91. The van der Waals surface area contributed by atoms with E-state index in [-0.39, 0.29) is 5.91 Å². The minimum Gasteiger partial charge on any atom is -0.388 e. The van der Waals surface area contributed by atoms with Crippen LogP contribution >= 0.6 is 0 Å². The molecule has 1 aromatic heterocycles. The Balaban J connectivity index is 1.20. The number of piperidine rings is 1. The molecule has 3 heterocycles. The summed E-state index contributed by atoms with van der Waals surface area (Å²) in [7, 11) is 0. The second-order valence-electron chi connectivity index (χ2n) is 8.62. The first-order valence-electron chi connectivity index (χ1n) is 10.9. The zero-order chi connectivity index (χ0) is 21.3. The van der Waals surface area contributed by atoms with Gasteiger partial charge in [-0.2, -0.15) is 0 Å². The molecule has 2 aromatic carbocycles. The number of anilines is 1. The van der Waals surface area contributed by atoms with Crippen LogP contribution < -0.4 is 4.90 Å². The maximum absolute atomic E-state index is 13.0. The molecule has 1 N–H and O–H groups in total. The number of nitrogens with zero attached hydrogens (tertiary/aromatic N) is 5. The minimum atomic E-state index is -0.832. The van der Waals surface area contributed by atoms with E-state index in [1.165, 1.54) is 11.1 Å². The van der Waals surface area contributed by atoms with E-state index in [2.05, 4.69) is 45.5 Å². The Morgan fingerprint density at radius 3 is 2.55 bits per heavy atom. The molecule has 1 amide bonds. The van der Waals surface area contributed by atoms with E-state index in [0.29, 0.717) is 31.6 Å². The number of aromatic nitrogens is 3. The number of carbonyl (C=O) groups excluding carboxylic acids is 1. The number of hydrogen-bond donors (Lipinski definition) is 1. The quantitative estimate of drug-likeness (QED) is 0.691. The average molecular weight is 418 g/mol. The van der Waals surface area contributed by atoms with Gasteiger partial charge in [-0.05, 0) is 36.5 Å². The van der Waals surface area contributed by atoms with E-state index in [9.17, 15) is 9.90 Å². The lowest BCUT2D eigenvalue weighted by Crippen LogP contribution is -2.46. The number of carbonyl (C=O) groups is 1. The molecular formula is C24H27N5O2. The molecule has 1 fully saturated rings. The molecule has 0 spiro atoms. The van der Waals surface area contributed by atoms with E-state index in [4.69, 9.17) is 0 Å². The van der Waals surface area contributed by atoms with E-state index >= 15 is 0 Å². The van der Waals surface area contributed by atoms with Crippen molar-refractivity contribution in [1.29, 1.82) is 0 Å². The zero-order valence-electron chi connectivity index (χ0n) is 17.5. The Morgan fingerprint density at radius 1 is 1.00 bits per heavy atom. The number of amides is 1. The lowest BCUT2D eigenvalue weighted by Gasteiger charge is -2.38. The normalized spacial score (nSPS) is 18.2. The van der Waals surface area contributed by atoms with Gasteiger partial charge in [-0.1, -0.05) is 53.7 Å². The van der Waals surface area contributed by atoms with Crippen LogP contribution in [0.5, 0.6) is 0 Å². The summed E-state index contributed by atoms with van der Waals surface area (Å²) in [6.07, 6.45) is 3.86. The van der Waals surface area contributed by atoms with Crippen molar-refractivity contribution in [3.05, 3.63) is 77.6 Å². The predicted octanol–water partition coefficient (Wildman–Crippen LogP) is 2.51. The van der Waals surface area contributed by atoms with E-state index < -0.39 is 5.60 Å². The Hall–Kier alpha value is -3.03. The third-order valence-electron chi connectivity index (χ3n) is 6.38. The summed E-state index contributed by atoms with van der Waals surface area (Å²) in [6, 6.07) is 18.4. The molecule has 0 atom stereocenters. The van der Waals surface area contributed by atoms with E-state index in [1.807, 2.05) is 24.3 Å². The third kappa shape index (κ3) is 4.24. The summed E-state index contributed by atoms with van der Waals surface area (Å²) in [5, 5.41) is 19.3. The Bertz CT molecular complexity index is 1060. The SMILES string of the molecule is O=C(c1cn(CC2(O)CCN(Cc3ccccc3)CC2)nn1)N1CCc2ccccc21. The van der Waals surface area contributed by atoms with Crippen LogP contribution in [0.2, 0.25) is 0 Å². The van der Waals surface area contributed by atoms with Crippen LogP contribution in [0.3, 0.4) is 0 Å². The van der Waals surface area contributed by atoms with Crippen molar-refractivity contribution in [3.8, 4) is 0 Å². The highest BCUT2D eigenvalue weighted by Gasteiger charge is 2.34. The molecule has 160 valence electrons. The number of fused-ring (bicyclic) bond motifs is 1. The number of aliphatic hydroxyl groups is 1. The van der Waals surface area contributed by atoms with Crippen molar-refractivity contribution in [2.75, 3.05) is 24.5 Å². The molecule has 0 radical (unpaired) electrons. The first-order chi connectivity index (χ1) is 15.1. The van der Waals surface area contributed by atoms with Crippen LogP contribution in [0.25, 0.3) is 0 Å². The van der Waals surface area contributed by atoms with Crippen molar-refractivity contribution < 1.29 is 9.90 Å². The van der Waals surface area contributed by atoms with Crippen molar-refractivity contribution in [2.24, 2.45) is 0 Å². The fourth-order valence-corrected chi connectivity index (χ4v) is 4.59. The van der Waals surface area contributed by atoms with Crippen LogP contribution in [-0.4, -0.2) is 56.1 Å². The van der Waals surface area contributed by atoms with Crippen LogP contribution in [-0.2, 0) is 19.5 Å². The summed E-state index contributed by atoms with van der Waals surface area (Å²) >= 11 is 0. The van der Waals surface area contributed by atoms with Gasteiger partial charge in [-0.3, -0.25) is 9.69 Å². The van der Waals surface area contributed by atoms with Crippen molar-refractivity contribution in [2.45, 2.75) is 38.0 Å². The summed E-state index contributed by atoms with van der Waals surface area (Å²) in [5.74, 6) is -0.138. The first kappa shape index (κ1) is 19.9. The van der Waals surface area contributed by atoms with Gasteiger partial charge >= 0.3 is 0 Å². The fraction of sp³-hybridized carbons (Fsp3) is 0.375. The van der Waals surface area contributed by atoms with Gasteiger partial charge in [0.2, 0.25) is 0 Å². The molecule has 1 saturated heterocycles. The number of para-hydroxylation sites is 1. The molecule has 0 saturated carbocycles. The second kappa shape index (κ2) is 8.24. The lowest BCUT2D eigenvalue weighted by molar-refractivity contribution is -0.0383. The van der Waals surface area contributed by atoms with E-state index in [0.717, 1.165) is 31.7 Å². The predicted molar refractivity (Wildman–Crippen MR) is 118 cm³/mol. The van der Waals surface area contributed by atoms with Gasteiger partial charge in [0.15, 0.2) is 5.69 Å². The summed E-state index contributed by atoms with van der Waals surface area (Å²) < 4.78 is 1.61. The Labute approximate surface area is 181 Å². The standard InChI is InChI=1S/C24H27N5O2/c30-23(29-13-10-20-8-4-5-9-22(20)29)21-17-28(26-25-21)18-24(31)11-14-27(15-12-24)16-19-6-2-1-3-7-19/h1-9,17,31H,10-16,18H2. The van der Waals surface area contributed by atoms with Gasteiger partial charge in [0, 0.05) is 31.9 Å². The largest absolute Gasteiger partial charge is 0.388 e. The van der Waals surface area contributed by atoms with Gasteiger partial charge in [-0.15, -0.1) is 5.10 Å². The maximum Gasteiger partial charge on any atom is 0.280 e. The highest BCUT2D eigenvalue weighted by Crippen LogP contribution is 2.29. The Morgan fingerprint density at radius 2 is 1.74 bits per heavy atom. The van der Waals surface area contributed by atoms with Gasteiger partial charge in [0.05, 0.1) is 18.3 Å². The maximum atomic E-state index is 13.0. The summed E-state index contributed by atoms with van der Waals surface area (Å²) in [4.78, 5) is 17.1. The summed E-state index contributed by atoms with van der Waals surface area (Å²) in [5.41, 5.74) is 2.91. The van der Waals surface area contributed by atoms with E-state index in [1.54, 1.807) is 15.8 Å². The highest BCUT2D eigenvalue weighted by atomic mass is 16.3. The highest BCUT2D eigenvalue weighted by molar-refractivity contribution is 6.05. The van der Waals surface area contributed by atoms with Gasteiger partial charge in [-0.25, -0.2) is 4.68 Å². The molecule has 3 aromatic rings. The molecule has 5 rings (SSSR count). The van der Waals surface area contributed by atoms with Crippen LogP contribution in [0, 0.1) is 0 Å². The average Bonchev–Trinajstić information content (AvgIpc) is 3.43. The molecule has 0 bridgehead atoms. The van der Waals surface area contributed by atoms with Crippen molar-refractivity contribution in [1.82, 2.24) is 19.9 Å². The monoisotopic (exact) mass is 417 g/mol. The van der Waals surface area contributed by atoms with Crippen LogP contribution in [0.15, 0.2) is 60.8 Å². The topological polar surface area (TPSA) is 74.5 Å².